The number of urea groups is 1. The number of rotatable bonds is 5. The van der Waals surface area contributed by atoms with Crippen LogP contribution in [0.15, 0.2) is 36.5 Å². The van der Waals surface area contributed by atoms with Crippen molar-refractivity contribution in [3.63, 3.8) is 0 Å². The van der Waals surface area contributed by atoms with Gasteiger partial charge >= 0.3 is 6.03 Å². The molecule has 132 valence electrons. The Hall–Kier alpha value is -3.03. The molecular weight excluding hydrogens is 324 g/mol. The topological polar surface area (TPSA) is 85.8 Å². The van der Waals surface area contributed by atoms with Crippen LogP contribution in [0.1, 0.15) is 6.42 Å². The molecule has 0 spiro atoms. The number of methoxy groups -OCH3 is 2. The minimum absolute atomic E-state index is 0.0970. The summed E-state index contributed by atoms with van der Waals surface area (Å²) in [7, 11) is 3.12. The van der Waals surface area contributed by atoms with Crippen molar-refractivity contribution < 1.29 is 19.0 Å². The van der Waals surface area contributed by atoms with Gasteiger partial charge in [-0.3, -0.25) is 0 Å². The lowest BCUT2D eigenvalue weighted by atomic mass is 10.2. The molecule has 1 aromatic heterocycles. The first-order chi connectivity index (χ1) is 12.2. The summed E-state index contributed by atoms with van der Waals surface area (Å²) in [4.78, 5) is 14.2. The predicted molar refractivity (Wildman–Crippen MR) is 91.2 cm³/mol. The molecule has 2 aromatic rings. The monoisotopic (exact) mass is 344 g/mol. The van der Waals surface area contributed by atoms with E-state index in [1.165, 1.54) is 0 Å². The van der Waals surface area contributed by atoms with Crippen molar-refractivity contribution in [3.8, 4) is 17.4 Å². The fraction of sp³-hybridized carbons (Fsp3) is 0.353. The van der Waals surface area contributed by atoms with E-state index in [0.29, 0.717) is 36.2 Å². The van der Waals surface area contributed by atoms with Gasteiger partial charge in [0.25, 0.3) is 0 Å². The molecule has 25 heavy (non-hydrogen) atoms. The molecule has 1 aliphatic rings. The summed E-state index contributed by atoms with van der Waals surface area (Å²) < 4.78 is 16.2. The fourth-order valence-corrected chi connectivity index (χ4v) is 2.63. The zero-order chi connectivity index (χ0) is 17.6. The summed E-state index contributed by atoms with van der Waals surface area (Å²) in [5, 5.41) is 10.5. The summed E-state index contributed by atoms with van der Waals surface area (Å²) in [6.45, 7) is 1.09. The standard InChI is InChI=1S/C17H20N4O4/c1-23-12-5-6-14(15(10-12)24-2)19-17(22)21-9-7-13(11-21)25-16-4-3-8-18-20-16/h3-6,8,10,13H,7,9,11H2,1-2H3,(H,19,22). The Bertz CT molecular complexity index is 726. The molecular formula is C17H20N4O4. The molecule has 2 amide bonds. The molecule has 0 saturated carbocycles. The molecule has 8 nitrogen and oxygen atoms in total. The SMILES string of the molecule is COc1ccc(NC(=O)N2CCC(Oc3cccnn3)C2)c(OC)c1. The van der Waals surface area contributed by atoms with Crippen LogP contribution in [0.2, 0.25) is 0 Å². The van der Waals surface area contributed by atoms with Crippen molar-refractivity contribution in [3.05, 3.63) is 36.5 Å². The van der Waals surface area contributed by atoms with Crippen LogP contribution in [0, 0.1) is 0 Å². The van der Waals surface area contributed by atoms with Gasteiger partial charge in [-0.15, -0.1) is 5.10 Å². The molecule has 1 aliphatic heterocycles. The van der Waals surface area contributed by atoms with Crippen molar-refractivity contribution >= 4 is 11.7 Å². The van der Waals surface area contributed by atoms with E-state index >= 15 is 0 Å². The highest BCUT2D eigenvalue weighted by Crippen LogP contribution is 2.29. The largest absolute Gasteiger partial charge is 0.497 e. The molecule has 1 saturated heterocycles. The van der Waals surface area contributed by atoms with Crippen molar-refractivity contribution in [2.24, 2.45) is 0 Å². The molecule has 2 heterocycles. The number of nitrogens with zero attached hydrogens (tertiary/aromatic N) is 3. The Morgan fingerprint density at radius 3 is 2.88 bits per heavy atom. The minimum atomic E-state index is -0.200. The highest BCUT2D eigenvalue weighted by Gasteiger charge is 2.28. The lowest BCUT2D eigenvalue weighted by Crippen LogP contribution is -2.34. The van der Waals surface area contributed by atoms with Gasteiger partial charge in [0.15, 0.2) is 0 Å². The Balaban J connectivity index is 1.59. The Morgan fingerprint density at radius 1 is 1.28 bits per heavy atom. The van der Waals surface area contributed by atoms with Crippen LogP contribution in [-0.2, 0) is 0 Å². The van der Waals surface area contributed by atoms with Crippen LogP contribution < -0.4 is 19.5 Å². The molecule has 8 heteroatoms. The zero-order valence-corrected chi connectivity index (χ0v) is 14.1. The Labute approximate surface area is 145 Å². The first-order valence-electron chi connectivity index (χ1n) is 7.92. The van der Waals surface area contributed by atoms with Crippen molar-refractivity contribution in [2.75, 3.05) is 32.6 Å². The third-order valence-electron chi connectivity index (χ3n) is 3.92. The first-order valence-corrected chi connectivity index (χ1v) is 7.92. The maximum absolute atomic E-state index is 12.5. The van der Waals surface area contributed by atoms with E-state index in [-0.39, 0.29) is 12.1 Å². The van der Waals surface area contributed by atoms with Gasteiger partial charge in [-0.1, -0.05) is 0 Å². The number of likely N-dealkylation sites (tertiary alicyclic amines) is 1. The van der Waals surface area contributed by atoms with Gasteiger partial charge in [-0.2, -0.15) is 5.10 Å². The van der Waals surface area contributed by atoms with Crippen molar-refractivity contribution in [2.45, 2.75) is 12.5 Å². The van der Waals surface area contributed by atoms with Gasteiger partial charge < -0.3 is 24.4 Å². The number of ether oxygens (including phenoxy) is 3. The molecule has 0 radical (unpaired) electrons. The summed E-state index contributed by atoms with van der Waals surface area (Å²) in [5.74, 6) is 1.67. The molecule has 3 rings (SSSR count). The third-order valence-corrected chi connectivity index (χ3v) is 3.92. The summed E-state index contributed by atoms with van der Waals surface area (Å²) >= 11 is 0. The number of amides is 2. The van der Waals surface area contributed by atoms with E-state index in [4.69, 9.17) is 14.2 Å². The average Bonchev–Trinajstić information content (AvgIpc) is 3.11. The molecule has 1 fully saturated rings. The van der Waals surface area contributed by atoms with Crippen LogP contribution in [0.3, 0.4) is 0 Å². The van der Waals surface area contributed by atoms with Crippen LogP contribution in [0.25, 0.3) is 0 Å². The second-order valence-corrected chi connectivity index (χ2v) is 5.53. The predicted octanol–water partition coefficient (Wildman–Crippen LogP) is 2.18. The van der Waals surface area contributed by atoms with Crippen molar-refractivity contribution in [1.29, 1.82) is 0 Å². The van der Waals surface area contributed by atoms with Gasteiger partial charge in [0.2, 0.25) is 5.88 Å². The number of carbonyl (C=O) groups is 1. The number of carbonyl (C=O) groups excluding carboxylic acids is 1. The second-order valence-electron chi connectivity index (χ2n) is 5.53. The smallest absolute Gasteiger partial charge is 0.322 e. The van der Waals surface area contributed by atoms with Crippen LogP contribution >= 0.6 is 0 Å². The van der Waals surface area contributed by atoms with E-state index in [1.54, 1.807) is 55.6 Å². The molecule has 1 atom stereocenters. The molecule has 0 bridgehead atoms. The van der Waals surface area contributed by atoms with Gasteiger partial charge in [0, 0.05) is 31.3 Å². The maximum atomic E-state index is 12.5. The number of anilines is 1. The van der Waals surface area contributed by atoms with Crippen LogP contribution in [0.5, 0.6) is 17.4 Å². The third kappa shape index (κ3) is 4.09. The quantitative estimate of drug-likeness (QED) is 0.895. The lowest BCUT2D eigenvalue weighted by Gasteiger charge is -2.19. The summed E-state index contributed by atoms with van der Waals surface area (Å²) in [6, 6.07) is 8.55. The highest BCUT2D eigenvalue weighted by atomic mass is 16.5. The normalized spacial score (nSPS) is 16.4. The van der Waals surface area contributed by atoms with Crippen molar-refractivity contribution in [1.82, 2.24) is 15.1 Å². The molecule has 0 aliphatic carbocycles. The number of aromatic nitrogens is 2. The number of hydrogen-bond acceptors (Lipinski definition) is 6. The summed E-state index contributed by atoms with van der Waals surface area (Å²) in [5.41, 5.74) is 0.589. The van der Waals surface area contributed by atoms with Gasteiger partial charge in [-0.25, -0.2) is 4.79 Å². The summed E-state index contributed by atoms with van der Waals surface area (Å²) in [6.07, 6.45) is 2.23. The van der Waals surface area contributed by atoms with Gasteiger partial charge in [-0.05, 0) is 18.2 Å². The van der Waals surface area contributed by atoms with Crippen LogP contribution in [-0.4, -0.2) is 54.5 Å². The van der Waals surface area contributed by atoms with Crippen LogP contribution in [0.4, 0.5) is 10.5 Å². The Kier molecular flexibility index (Phi) is 5.17. The van der Waals surface area contributed by atoms with Gasteiger partial charge in [0.05, 0.1) is 26.5 Å². The molecule has 1 unspecified atom stereocenters. The maximum Gasteiger partial charge on any atom is 0.322 e. The number of benzene rings is 1. The molecule has 1 aromatic carbocycles. The minimum Gasteiger partial charge on any atom is -0.497 e. The average molecular weight is 344 g/mol. The zero-order valence-electron chi connectivity index (χ0n) is 14.1. The lowest BCUT2D eigenvalue weighted by molar-refractivity contribution is 0.188. The first kappa shape index (κ1) is 16.8. The fourth-order valence-electron chi connectivity index (χ4n) is 2.63. The highest BCUT2D eigenvalue weighted by molar-refractivity contribution is 5.91. The van der Waals surface area contributed by atoms with E-state index in [9.17, 15) is 4.79 Å². The van der Waals surface area contributed by atoms with E-state index < -0.39 is 0 Å². The molecule has 1 N–H and O–H groups in total. The number of hydrogen-bond donors (Lipinski definition) is 1. The van der Waals surface area contributed by atoms with E-state index in [2.05, 4.69) is 15.5 Å². The van der Waals surface area contributed by atoms with E-state index in [1.807, 2.05) is 0 Å². The van der Waals surface area contributed by atoms with E-state index in [0.717, 1.165) is 6.42 Å². The number of nitrogens with one attached hydrogen (secondary N) is 1. The second kappa shape index (κ2) is 7.69. The Morgan fingerprint density at radius 2 is 2.16 bits per heavy atom. The van der Waals surface area contributed by atoms with Gasteiger partial charge in [0.1, 0.15) is 17.6 Å².